The molecule has 1 aromatic heterocycles. The minimum absolute atomic E-state index is 0.106. The predicted octanol–water partition coefficient (Wildman–Crippen LogP) is 0.334. The third kappa shape index (κ3) is 4.15. The molecule has 2 N–H and O–H groups in total. The second-order valence-corrected chi connectivity index (χ2v) is 6.19. The molecule has 1 aliphatic heterocycles. The van der Waals surface area contributed by atoms with Crippen LogP contribution >= 0.6 is 0 Å². The van der Waals surface area contributed by atoms with Crippen molar-refractivity contribution in [2.75, 3.05) is 44.7 Å². The van der Waals surface area contributed by atoms with Crippen LogP contribution in [-0.2, 0) is 0 Å². The molecule has 2 heterocycles. The Bertz CT molecular complexity index is 479. The standard InChI is InChI=1S/C15H24N4O2/c1-15(2,11-20)17-14(21)12-4-5-13(16-10-12)19-8-6-18(3)7-9-19/h4-5,10,20H,6-9,11H2,1-3H3,(H,17,21). The number of likely N-dealkylation sites (N-methyl/N-ethyl adjacent to an activating group) is 1. The van der Waals surface area contributed by atoms with E-state index in [2.05, 4.69) is 27.1 Å². The predicted molar refractivity (Wildman–Crippen MR) is 82.6 cm³/mol. The molecule has 1 aromatic rings. The monoisotopic (exact) mass is 292 g/mol. The van der Waals surface area contributed by atoms with E-state index in [1.807, 2.05) is 6.07 Å². The molecule has 0 spiro atoms. The molecular weight excluding hydrogens is 268 g/mol. The molecule has 0 unspecified atom stereocenters. The van der Waals surface area contributed by atoms with Gasteiger partial charge >= 0.3 is 0 Å². The lowest BCUT2D eigenvalue weighted by molar-refractivity contribution is 0.0869. The van der Waals surface area contributed by atoms with Gasteiger partial charge in [0.1, 0.15) is 5.82 Å². The molecule has 1 fully saturated rings. The van der Waals surface area contributed by atoms with Crippen LogP contribution in [0.15, 0.2) is 18.3 Å². The van der Waals surface area contributed by atoms with Gasteiger partial charge in [0, 0.05) is 32.4 Å². The molecule has 0 saturated carbocycles. The summed E-state index contributed by atoms with van der Waals surface area (Å²) < 4.78 is 0. The third-order valence-electron chi connectivity index (χ3n) is 3.68. The number of hydrogen-bond acceptors (Lipinski definition) is 5. The average molecular weight is 292 g/mol. The fourth-order valence-corrected chi connectivity index (χ4v) is 2.16. The minimum atomic E-state index is -0.632. The van der Waals surface area contributed by atoms with Gasteiger partial charge in [-0.25, -0.2) is 4.98 Å². The zero-order valence-corrected chi connectivity index (χ0v) is 13.0. The number of piperazine rings is 1. The zero-order valence-electron chi connectivity index (χ0n) is 13.0. The normalized spacial score (nSPS) is 16.9. The summed E-state index contributed by atoms with van der Waals surface area (Å²) in [6.45, 7) is 7.39. The molecule has 1 saturated heterocycles. The van der Waals surface area contributed by atoms with E-state index in [4.69, 9.17) is 0 Å². The first kappa shape index (κ1) is 15.7. The van der Waals surface area contributed by atoms with Gasteiger partial charge in [0.15, 0.2) is 0 Å². The van der Waals surface area contributed by atoms with Gasteiger partial charge in [-0.2, -0.15) is 0 Å². The second-order valence-electron chi connectivity index (χ2n) is 6.19. The highest BCUT2D eigenvalue weighted by Gasteiger charge is 2.21. The Morgan fingerprint density at radius 2 is 2.00 bits per heavy atom. The van der Waals surface area contributed by atoms with Crippen molar-refractivity contribution in [3.8, 4) is 0 Å². The molecule has 2 rings (SSSR count). The fourth-order valence-electron chi connectivity index (χ4n) is 2.16. The van der Waals surface area contributed by atoms with Gasteiger partial charge in [-0.05, 0) is 33.0 Å². The van der Waals surface area contributed by atoms with Crippen LogP contribution in [0.5, 0.6) is 0 Å². The minimum Gasteiger partial charge on any atom is -0.394 e. The van der Waals surface area contributed by atoms with Crippen molar-refractivity contribution in [1.29, 1.82) is 0 Å². The van der Waals surface area contributed by atoms with E-state index in [-0.39, 0.29) is 12.5 Å². The fraction of sp³-hybridized carbons (Fsp3) is 0.600. The number of aliphatic hydroxyl groups is 1. The summed E-state index contributed by atoms with van der Waals surface area (Å²) in [7, 11) is 2.11. The van der Waals surface area contributed by atoms with Crippen LogP contribution in [0.2, 0.25) is 0 Å². The third-order valence-corrected chi connectivity index (χ3v) is 3.68. The molecule has 0 atom stereocenters. The number of anilines is 1. The van der Waals surface area contributed by atoms with Crippen LogP contribution in [0.4, 0.5) is 5.82 Å². The van der Waals surface area contributed by atoms with Crippen LogP contribution in [0.3, 0.4) is 0 Å². The highest BCUT2D eigenvalue weighted by Crippen LogP contribution is 2.14. The van der Waals surface area contributed by atoms with E-state index in [0.717, 1.165) is 32.0 Å². The number of amides is 1. The molecule has 0 bridgehead atoms. The van der Waals surface area contributed by atoms with Gasteiger partial charge in [0.25, 0.3) is 5.91 Å². The summed E-state index contributed by atoms with van der Waals surface area (Å²) in [5, 5.41) is 12.0. The van der Waals surface area contributed by atoms with Gasteiger partial charge in [-0.3, -0.25) is 4.79 Å². The summed E-state index contributed by atoms with van der Waals surface area (Å²) in [5.41, 5.74) is -0.123. The van der Waals surface area contributed by atoms with Crippen molar-refractivity contribution in [3.05, 3.63) is 23.9 Å². The highest BCUT2D eigenvalue weighted by atomic mass is 16.3. The van der Waals surface area contributed by atoms with Gasteiger partial charge < -0.3 is 20.2 Å². The smallest absolute Gasteiger partial charge is 0.253 e. The number of aliphatic hydroxyl groups excluding tert-OH is 1. The second kappa shape index (κ2) is 6.41. The maximum atomic E-state index is 12.1. The number of rotatable bonds is 4. The van der Waals surface area contributed by atoms with Gasteiger partial charge in [-0.1, -0.05) is 0 Å². The van der Waals surface area contributed by atoms with Gasteiger partial charge in [0.2, 0.25) is 0 Å². The average Bonchev–Trinajstić information content (AvgIpc) is 2.48. The van der Waals surface area contributed by atoms with Crippen molar-refractivity contribution >= 4 is 11.7 Å². The van der Waals surface area contributed by atoms with Crippen LogP contribution in [0, 0.1) is 0 Å². The maximum Gasteiger partial charge on any atom is 0.253 e. The molecule has 6 nitrogen and oxygen atoms in total. The number of aromatic nitrogens is 1. The number of pyridine rings is 1. The van der Waals surface area contributed by atoms with Crippen molar-refractivity contribution < 1.29 is 9.90 Å². The van der Waals surface area contributed by atoms with Crippen LogP contribution in [-0.4, -0.2) is 66.3 Å². The van der Waals surface area contributed by atoms with Crippen molar-refractivity contribution in [3.63, 3.8) is 0 Å². The number of carbonyl (C=O) groups is 1. The number of hydrogen-bond donors (Lipinski definition) is 2. The van der Waals surface area contributed by atoms with Crippen LogP contribution in [0.25, 0.3) is 0 Å². The van der Waals surface area contributed by atoms with E-state index in [1.54, 1.807) is 26.1 Å². The molecule has 0 aromatic carbocycles. The Hall–Kier alpha value is -1.66. The highest BCUT2D eigenvalue weighted by molar-refractivity contribution is 5.94. The first-order valence-corrected chi connectivity index (χ1v) is 7.24. The lowest BCUT2D eigenvalue weighted by atomic mass is 10.1. The largest absolute Gasteiger partial charge is 0.394 e. The molecule has 0 aliphatic carbocycles. The topological polar surface area (TPSA) is 68.7 Å². The zero-order chi connectivity index (χ0) is 15.5. The van der Waals surface area contributed by atoms with Gasteiger partial charge in [-0.15, -0.1) is 0 Å². The van der Waals surface area contributed by atoms with Gasteiger partial charge in [0.05, 0.1) is 17.7 Å². The SMILES string of the molecule is CN1CCN(c2ccc(C(=O)NC(C)(C)CO)cn2)CC1. The first-order chi connectivity index (χ1) is 9.91. The summed E-state index contributed by atoms with van der Waals surface area (Å²) in [6.07, 6.45) is 1.59. The van der Waals surface area contributed by atoms with Crippen LogP contribution in [0.1, 0.15) is 24.2 Å². The Morgan fingerprint density at radius 1 is 1.33 bits per heavy atom. The molecule has 0 radical (unpaired) electrons. The van der Waals surface area contributed by atoms with Crippen molar-refractivity contribution in [2.24, 2.45) is 0 Å². The molecule has 6 heteroatoms. The summed E-state index contributed by atoms with van der Waals surface area (Å²) >= 11 is 0. The van der Waals surface area contributed by atoms with Crippen LogP contribution < -0.4 is 10.2 Å². The van der Waals surface area contributed by atoms with E-state index in [0.29, 0.717) is 5.56 Å². The lowest BCUT2D eigenvalue weighted by Crippen LogP contribution is -2.46. The van der Waals surface area contributed by atoms with E-state index in [9.17, 15) is 9.90 Å². The lowest BCUT2D eigenvalue weighted by Gasteiger charge is -2.33. The van der Waals surface area contributed by atoms with Crippen molar-refractivity contribution in [1.82, 2.24) is 15.2 Å². The summed E-state index contributed by atoms with van der Waals surface area (Å²) in [6, 6.07) is 3.66. The molecule has 116 valence electrons. The maximum absolute atomic E-state index is 12.1. The molecule has 1 aliphatic rings. The summed E-state index contributed by atoms with van der Waals surface area (Å²) in [5.74, 6) is 0.688. The molecular formula is C15H24N4O2. The Balaban J connectivity index is 2.00. The Labute approximate surface area is 125 Å². The van der Waals surface area contributed by atoms with E-state index >= 15 is 0 Å². The molecule has 1 amide bonds. The molecule has 21 heavy (non-hydrogen) atoms. The number of nitrogens with zero attached hydrogens (tertiary/aromatic N) is 3. The van der Waals surface area contributed by atoms with Crippen molar-refractivity contribution in [2.45, 2.75) is 19.4 Å². The quantitative estimate of drug-likeness (QED) is 0.837. The Morgan fingerprint density at radius 3 is 2.52 bits per heavy atom. The number of nitrogens with one attached hydrogen (secondary N) is 1. The van der Waals surface area contributed by atoms with E-state index < -0.39 is 5.54 Å². The summed E-state index contributed by atoms with van der Waals surface area (Å²) in [4.78, 5) is 21.0. The van der Waals surface area contributed by atoms with E-state index in [1.165, 1.54) is 0 Å². The first-order valence-electron chi connectivity index (χ1n) is 7.24. The number of carbonyl (C=O) groups excluding carboxylic acids is 1. The Kier molecular flexibility index (Phi) is 4.80.